The first-order valence-corrected chi connectivity index (χ1v) is 9.55. The molecule has 1 heterocycles. The van der Waals surface area contributed by atoms with E-state index in [1.165, 1.54) is 16.6 Å². The van der Waals surface area contributed by atoms with E-state index in [4.69, 9.17) is 12.6 Å². The van der Waals surface area contributed by atoms with Gasteiger partial charge in [-0.3, -0.25) is 20.8 Å². The number of aryl methyl sites for hydroxylation is 1. The maximum absolute atomic E-state index is 5.07. The minimum Gasteiger partial charge on any atom is -0.741 e. The fraction of sp³-hybridized carbons (Fsp3) is 0.429. The molecule has 1 aromatic heterocycles. The molecule has 2 N–H and O–H groups in total. The summed E-state index contributed by atoms with van der Waals surface area (Å²) in [5.74, 6) is 0. The number of amidine groups is 2. The number of hydrogen-bond donors (Lipinski definition) is 2. The van der Waals surface area contributed by atoms with Crippen LogP contribution < -0.4 is 10.9 Å². The van der Waals surface area contributed by atoms with Crippen molar-refractivity contribution < 1.29 is 17.1 Å². The molecule has 0 unspecified atom stereocenters. The molecular formula is C14H21CuN6S3. The van der Waals surface area contributed by atoms with Crippen LogP contribution in [0.15, 0.2) is 32.3 Å². The van der Waals surface area contributed by atoms with E-state index in [9.17, 15) is 0 Å². The molecule has 1 rings (SSSR count). The van der Waals surface area contributed by atoms with Crippen molar-refractivity contribution in [1.82, 2.24) is 10.9 Å². The zero-order valence-corrected chi connectivity index (χ0v) is 17.4. The number of thiophene rings is 1. The van der Waals surface area contributed by atoms with Crippen molar-refractivity contribution >= 4 is 58.0 Å². The number of thioether (sulfide) groups is 1. The largest absolute Gasteiger partial charge is 1.00 e. The van der Waals surface area contributed by atoms with Crippen LogP contribution in [0.3, 0.4) is 0 Å². The SMILES string of the molecule is CCN=C([S-])N/N=C(/C=N/NC(=NCC)SC)c1ccc(C)s1.[Cu+]. The summed E-state index contributed by atoms with van der Waals surface area (Å²) in [6, 6.07) is 4.04. The summed E-state index contributed by atoms with van der Waals surface area (Å²) in [7, 11) is 0. The molecule has 0 atom stereocenters. The molecule has 0 fully saturated rings. The van der Waals surface area contributed by atoms with Gasteiger partial charge in [0.2, 0.25) is 0 Å². The Balaban J connectivity index is 0.00000529. The van der Waals surface area contributed by atoms with E-state index in [2.05, 4.69) is 31.0 Å². The van der Waals surface area contributed by atoms with Gasteiger partial charge in [0.25, 0.3) is 0 Å². The van der Waals surface area contributed by atoms with Crippen molar-refractivity contribution in [2.75, 3.05) is 19.3 Å². The van der Waals surface area contributed by atoms with Gasteiger partial charge < -0.3 is 12.6 Å². The van der Waals surface area contributed by atoms with Crippen molar-refractivity contribution in [3.63, 3.8) is 0 Å². The summed E-state index contributed by atoms with van der Waals surface area (Å²) in [6.07, 6.45) is 3.59. The van der Waals surface area contributed by atoms with Crippen LogP contribution in [-0.4, -0.2) is 41.6 Å². The molecule has 0 amide bonds. The molecule has 0 aliphatic carbocycles. The predicted molar refractivity (Wildman–Crippen MR) is 107 cm³/mol. The number of aliphatic imine (C=N–C) groups is 2. The monoisotopic (exact) mass is 432 g/mol. The van der Waals surface area contributed by atoms with E-state index in [1.807, 2.05) is 39.2 Å². The summed E-state index contributed by atoms with van der Waals surface area (Å²) in [5, 5.41) is 9.62. The Kier molecular flexibility index (Phi) is 12.9. The third-order valence-electron chi connectivity index (χ3n) is 2.41. The Labute approximate surface area is 167 Å². The van der Waals surface area contributed by atoms with E-state index in [1.54, 1.807) is 17.6 Å². The van der Waals surface area contributed by atoms with Gasteiger partial charge >= 0.3 is 17.1 Å². The molecule has 1 aromatic rings. The van der Waals surface area contributed by atoms with Gasteiger partial charge in [-0.15, -0.1) is 11.3 Å². The average molecular weight is 433 g/mol. The average Bonchev–Trinajstić information content (AvgIpc) is 2.96. The predicted octanol–water partition coefficient (Wildman–Crippen LogP) is 2.58. The summed E-state index contributed by atoms with van der Waals surface area (Å²) >= 11 is 8.21. The number of hydrazone groups is 2. The second-order valence-corrected chi connectivity index (χ2v) is 6.62. The van der Waals surface area contributed by atoms with E-state index in [0.29, 0.717) is 24.0 Å². The van der Waals surface area contributed by atoms with Crippen molar-refractivity contribution in [3.8, 4) is 0 Å². The molecule has 0 bridgehead atoms. The van der Waals surface area contributed by atoms with Crippen LogP contribution in [0.25, 0.3) is 0 Å². The Hall–Kier alpha value is -0.931. The minimum atomic E-state index is 0. The smallest absolute Gasteiger partial charge is 0.741 e. The molecule has 0 spiro atoms. The minimum absolute atomic E-state index is 0. The molecule has 10 heteroatoms. The molecule has 0 aliphatic rings. The van der Waals surface area contributed by atoms with Crippen molar-refractivity contribution in [1.29, 1.82) is 0 Å². The molecule has 0 saturated carbocycles. The van der Waals surface area contributed by atoms with Crippen LogP contribution in [-0.2, 0) is 29.7 Å². The topological polar surface area (TPSA) is 73.5 Å². The van der Waals surface area contributed by atoms with Gasteiger partial charge in [-0.2, -0.15) is 10.2 Å². The zero-order chi connectivity index (χ0) is 17.1. The van der Waals surface area contributed by atoms with E-state index in [-0.39, 0.29) is 17.1 Å². The summed E-state index contributed by atoms with van der Waals surface area (Å²) in [6.45, 7) is 7.27. The van der Waals surface area contributed by atoms with Crippen LogP contribution in [0.2, 0.25) is 0 Å². The van der Waals surface area contributed by atoms with Crippen LogP contribution in [0, 0.1) is 6.92 Å². The number of nitrogens with zero attached hydrogens (tertiary/aromatic N) is 4. The maximum Gasteiger partial charge on any atom is 1.00 e. The normalized spacial score (nSPS) is 13.1. The molecule has 0 aromatic carbocycles. The summed E-state index contributed by atoms with van der Waals surface area (Å²) < 4.78 is 0. The molecule has 0 radical (unpaired) electrons. The molecule has 6 nitrogen and oxygen atoms in total. The first-order chi connectivity index (χ1) is 11.1. The van der Waals surface area contributed by atoms with Gasteiger partial charge in [0.15, 0.2) is 5.17 Å². The van der Waals surface area contributed by atoms with Crippen molar-refractivity contribution in [2.24, 2.45) is 20.2 Å². The molecular weight excluding hydrogens is 412 g/mol. The van der Waals surface area contributed by atoms with Gasteiger partial charge in [0.05, 0.1) is 11.1 Å². The van der Waals surface area contributed by atoms with Crippen LogP contribution in [0.1, 0.15) is 23.6 Å². The second-order valence-electron chi connectivity index (χ2n) is 4.15. The number of rotatable bonds is 6. The fourth-order valence-corrected chi connectivity index (χ4v) is 2.84. The van der Waals surface area contributed by atoms with Crippen molar-refractivity contribution in [2.45, 2.75) is 20.8 Å². The Morgan fingerprint density at radius 3 is 2.50 bits per heavy atom. The van der Waals surface area contributed by atoms with E-state index < -0.39 is 0 Å². The standard InChI is InChI=1S/C14H22N6S3.Cu/c1-5-15-13(21)19-18-11(12-8-7-10(3)23-12)9-17-20-14(22-4)16-6-2;/h7-9H,5-6H2,1-4H3,(H,16,20)(H2,15,19,21);/q;+1/p-1/b17-9+,18-11-;. The van der Waals surface area contributed by atoms with Gasteiger partial charge in [-0.25, -0.2) is 0 Å². The fourth-order valence-electron chi connectivity index (χ4n) is 1.44. The van der Waals surface area contributed by atoms with E-state index in [0.717, 1.165) is 10.0 Å². The van der Waals surface area contributed by atoms with Gasteiger partial charge in [0, 0.05) is 18.0 Å². The molecule has 0 saturated heterocycles. The molecule has 136 valence electrons. The van der Waals surface area contributed by atoms with Gasteiger partial charge in [-0.1, -0.05) is 11.8 Å². The second kappa shape index (κ2) is 13.4. The Morgan fingerprint density at radius 2 is 1.96 bits per heavy atom. The third kappa shape index (κ3) is 8.79. The summed E-state index contributed by atoms with van der Waals surface area (Å²) in [4.78, 5) is 10.6. The van der Waals surface area contributed by atoms with E-state index >= 15 is 0 Å². The first kappa shape index (κ1) is 23.1. The quantitative estimate of drug-likeness (QED) is 0.238. The molecule has 24 heavy (non-hydrogen) atoms. The summed E-state index contributed by atoms with van der Waals surface area (Å²) in [5.41, 5.74) is 6.37. The number of nitrogens with one attached hydrogen (secondary N) is 2. The van der Waals surface area contributed by atoms with Gasteiger partial charge in [-0.05, 0) is 44.3 Å². The maximum atomic E-state index is 5.07. The van der Waals surface area contributed by atoms with Crippen LogP contribution >= 0.6 is 23.1 Å². The zero-order valence-electron chi connectivity index (χ0n) is 14.0. The number of hydrogen-bond acceptors (Lipinski definition) is 7. The third-order valence-corrected chi connectivity index (χ3v) is 4.26. The first-order valence-electron chi connectivity index (χ1n) is 7.10. The molecule has 0 aliphatic heterocycles. The Bertz CT molecular complexity index is 609. The van der Waals surface area contributed by atoms with Crippen molar-refractivity contribution in [3.05, 3.63) is 21.9 Å². The van der Waals surface area contributed by atoms with Crippen LogP contribution in [0.5, 0.6) is 0 Å². The Morgan fingerprint density at radius 1 is 1.25 bits per heavy atom. The van der Waals surface area contributed by atoms with Gasteiger partial charge in [0.1, 0.15) is 5.71 Å². The van der Waals surface area contributed by atoms with Crippen LogP contribution in [0.4, 0.5) is 0 Å².